The summed E-state index contributed by atoms with van der Waals surface area (Å²) in [6.07, 6.45) is 0. The predicted octanol–water partition coefficient (Wildman–Crippen LogP) is 1.80. The average molecular weight is 251 g/mol. The Labute approximate surface area is 109 Å². The fourth-order valence-corrected chi connectivity index (χ4v) is 1.81. The first-order valence-electron chi connectivity index (χ1n) is 5.45. The van der Waals surface area contributed by atoms with Crippen molar-refractivity contribution in [1.29, 1.82) is 10.5 Å². The molecular weight excluding hydrogens is 242 g/mol. The summed E-state index contributed by atoms with van der Waals surface area (Å²) in [5.41, 5.74) is 0.703. The Morgan fingerprint density at radius 1 is 1.11 bits per heavy atom. The summed E-state index contributed by atoms with van der Waals surface area (Å²) in [4.78, 5) is 13.7. The molecule has 19 heavy (non-hydrogen) atoms. The third-order valence-electron chi connectivity index (χ3n) is 2.76. The molecule has 5 heteroatoms. The molecule has 0 radical (unpaired) electrons. The van der Waals surface area contributed by atoms with E-state index in [1.165, 1.54) is 0 Å². The van der Waals surface area contributed by atoms with Crippen LogP contribution < -0.4 is 5.56 Å². The van der Waals surface area contributed by atoms with Gasteiger partial charge in [-0.15, -0.1) is 0 Å². The van der Waals surface area contributed by atoms with Gasteiger partial charge in [-0.2, -0.15) is 10.5 Å². The zero-order valence-electron chi connectivity index (χ0n) is 10.1. The van der Waals surface area contributed by atoms with Crippen molar-refractivity contribution < 1.29 is 5.11 Å². The van der Waals surface area contributed by atoms with E-state index in [4.69, 9.17) is 10.5 Å². The number of aryl methyl sites for hydroxylation is 1. The van der Waals surface area contributed by atoms with Crippen LogP contribution in [0.15, 0.2) is 29.1 Å². The molecule has 0 aliphatic carbocycles. The molecule has 92 valence electrons. The Balaban J connectivity index is 2.89. The number of H-pyrrole nitrogens is 1. The highest BCUT2D eigenvalue weighted by Crippen LogP contribution is 2.29. The van der Waals surface area contributed by atoms with E-state index >= 15 is 0 Å². The fraction of sp³-hybridized carbons (Fsp3) is 0.0714. The molecule has 0 unspecified atom stereocenters. The largest absolute Gasteiger partial charge is 0.494 e. The average Bonchev–Trinajstić information content (AvgIpc) is 2.39. The number of nitrogens with one attached hydrogen (secondary N) is 1. The predicted molar refractivity (Wildman–Crippen MR) is 68.3 cm³/mol. The van der Waals surface area contributed by atoms with Gasteiger partial charge in [-0.1, -0.05) is 29.8 Å². The molecule has 0 atom stereocenters. The van der Waals surface area contributed by atoms with Gasteiger partial charge < -0.3 is 5.11 Å². The SMILES string of the molecule is Cc1ccc(-c2c(C#N)c(O)[nH]c(=O)c2C#N)cc1. The second kappa shape index (κ2) is 4.67. The first-order chi connectivity index (χ1) is 9.08. The van der Waals surface area contributed by atoms with Gasteiger partial charge in [0.25, 0.3) is 5.56 Å². The van der Waals surface area contributed by atoms with Crippen LogP contribution in [0.3, 0.4) is 0 Å². The summed E-state index contributed by atoms with van der Waals surface area (Å²) in [6, 6.07) is 10.6. The quantitative estimate of drug-likeness (QED) is 0.806. The van der Waals surface area contributed by atoms with Crippen LogP contribution >= 0.6 is 0 Å². The molecule has 5 nitrogen and oxygen atoms in total. The first-order valence-corrected chi connectivity index (χ1v) is 5.45. The number of benzene rings is 1. The van der Waals surface area contributed by atoms with Gasteiger partial charge in [0, 0.05) is 5.56 Å². The monoisotopic (exact) mass is 251 g/mol. The summed E-state index contributed by atoms with van der Waals surface area (Å²) in [5, 5.41) is 27.8. The number of nitrogens with zero attached hydrogens (tertiary/aromatic N) is 2. The lowest BCUT2D eigenvalue weighted by Gasteiger charge is -2.08. The van der Waals surface area contributed by atoms with Crippen molar-refractivity contribution in [2.24, 2.45) is 0 Å². The smallest absolute Gasteiger partial charge is 0.269 e. The molecule has 0 fully saturated rings. The van der Waals surface area contributed by atoms with E-state index < -0.39 is 11.4 Å². The van der Waals surface area contributed by atoms with Crippen LogP contribution in [-0.2, 0) is 0 Å². The number of rotatable bonds is 1. The Morgan fingerprint density at radius 2 is 1.68 bits per heavy atom. The summed E-state index contributed by atoms with van der Waals surface area (Å²) in [7, 11) is 0. The number of aromatic amines is 1. The normalized spacial score (nSPS) is 9.63. The molecule has 0 spiro atoms. The molecular formula is C14H9N3O2. The molecule has 0 saturated heterocycles. The lowest BCUT2D eigenvalue weighted by molar-refractivity contribution is 0.450. The summed E-state index contributed by atoms with van der Waals surface area (Å²) in [6.45, 7) is 1.90. The highest BCUT2D eigenvalue weighted by molar-refractivity contribution is 5.77. The summed E-state index contributed by atoms with van der Waals surface area (Å²) < 4.78 is 0. The Morgan fingerprint density at radius 3 is 2.21 bits per heavy atom. The molecule has 1 aromatic heterocycles. The van der Waals surface area contributed by atoms with Gasteiger partial charge >= 0.3 is 0 Å². The Hall–Kier alpha value is -3.05. The van der Waals surface area contributed by atoms with Gasteiger partial charge in [-0.25, -0.2) is 0 Å². The maximum atomic E-state index is 11.7. The topological polar surface area (TPSA) is 101 Å². The minimum Gasteiger partial charge on any atom is -0.494 e. The number of hydrogen-bond donors (Lipinski definition) is 2. The van der Waals surface area contributed by atoms with Crippen molar-refractivity contribution >= 4 is 0 Å². The van der Waals surface area contributed by atoms with Gasteiger partial charge in [0.15, 0.2) is 0 Å². The Kier molecular flexibility index (Phi) is 3.05. The van der Waals surface area contributed by atoms with Crippen molar-refractivity contribution in [2.75, 3.05) is 0 Å². The van der Waals surface area contributed by atoms with Crippen LogP contribution in [0.4, 0.5) is 0 Å². The number of hydrogen-bond acceptors (Lipinski definition) is 4. The van der Waals surface area contributed by atoms with Gasteiger partial charge in [0.2, 0.25) is 5.88 Å². The minimum atomic E-state index is -0.713. The van der Waals surface area contributed by atoms with Crippen molar-refractivity contribution in [2.45, 2.75) is 6.92 Å². The number of pyridine rings is 1. The van der Waals surface area contributed by atoms with Gasteiger partial charge in [-0.3, -0.25) is 9.78 Å². The molecule has 0 aliphatic rings. The number of nitriles is 2. The highest BCUT2D eigenvalue weighted by Gasteiger charge is 2.18. The first kappa shape index (κ1) is 12.4. The van der Waals surface area contributed by atoms with Crippen LogP contribution in [0.2, 0.25) is 0 Å². The van der Waals surface area contributed by atoms with Gasteiger partial charge in [0.05, 0.1) is 0 Å². The molecule has 0 aliphatic heterocycles. The van der Waals surface area contributed by atoms with E-state index in [0.717, 1.165) is 5.56 Å². The molecule has 1 heterocycles. The third-order valence-corrected chi connectivity index (χ3v) is 2.76. The Bertz CT molecular complexity index is 775. The van der Waals surface area contributed by atoms with E-state index in [2.05, 4.69) is 4.98 Å². The van der Waals surface area contributed by atoms with E-state index in [1.807, 2.05) is 13.0 Å². The van der Waals surface area contributed by atoms with Crippen LogP contribution in [-0.4, -0.2) is 10.1 Å². The zero-order chi connectivity index (χ0) is 14.0. The number of aromatic hydroxyl groups is 1. The molecule has 2 aromatic rings. The van der Waals surface area contributed by atoms with Gasteiger partial charge in [-0.05, 0) is 12.5 Å². The van der Waals surface area contributed by atoms with Crippen molar-refractivity contribution in [3.8, 4) is 29.1 Å². The fourth-order valence-electron chi connectivity index (χ4n) is 1.81. The van der Waals surface area contributed by atoms with Crippen LogP contribution in [0.5, 0.6) is 5.88 Å². The van der Waals surface area contributed by atoms with Crippen molar-refractivity contribution in [1.82, 2.24) is 4.98 Å². The standard InChI is InChI=1S/C14H9N3O2/c1-8-2-4-9(5-3-8)12-10(6-15)13(18)17-14(19)11(12)7-16/h2-5H,1H3,(H2,17,18,19). The maximum absolute atomic E-state index is 11.7. The zero-order valence-corrected chi connectivity index (χ0v) is 10.1. The van der Waals surface area contributed by atoms with Crippen molar-refractivity contribution in [3.63, 3.8) is 0 Å². The van der Waals surface area contributed by atoms with Gasteiger partial charge in [0.1, 0.15) is 23.3 Å². The molecule has 2 N–H and O–H groups in total. The lowest BCUT2D eigenvalue weighted by Crippen LogP contribution is -2.13. The second-order valence-electron chi connectivity index (χ2n) is 4.02. The van der Waals surface area contributed by atoms with Crippen LogP contribution in [0, 0.1) is 29.6 Å². The van der Waals surface area contributed by atoms with E-state index in [-0.39, 0.29) is 16.7 Å². The number of aromatic nitrogens is 1. The van der Waals surface area contributed by atoms with Crippen LogP contribution in [0.25, 0.3) is 11.1 Å². The molecule has 2 rings (SSSR count). The minimum absolute atomic E-state index is 0.111. The summed E-state index contributed by atoms with van der Waals surface area (Å²) >= 11 is 0. The van der Waals surface area contributed by atoms with E-state index in [0.29, 0.717) is 5.56 Å². The molecule has 0 saturated carbocycles. The van der Waals surface area contributed by atoms with E-state index in [9.17, 15) is 9.90 Å². The van der Waals surface area contributed by atoms with E-state index in [1.54, 1.807) is 30.3 Å². The maximum Gasteiger partial charge on any atom is 0.269 e. The summed E-state index contributed by atoms with van der Waals surface area (Å²) in [5.74, 6) is -0.526. The molecule has 1 aromatic carbocycles. The lowest BCUT2D eigenvalue weighted by atomic mass is 9.96. The third kappa shape index (κ3) is 2.05. The second-order valence-corrected chi connectivity index (χ2v) is 4.02. The molecule has 0 amide bonds. The highest BCUT2D eigenvalue weighted by atomic mass is 16.3. The van der Waals surface area contributed by atoms with Crippen molar-refractivity contribution in [3.05, 3.63) is 51.3 Å². The van der Waals surface area contributed by atoms with Crippen LogP contribution in [0.1, 0.15) is 16.7 Å². The molecule has 0 bridgehead atoms.